The van der Waals surface area contributed by atoms with E-state index in [-0.39, 0.29) is 11.5 Å². The zero-order valence-electron chi connectivity index (χ0n) is 17.9. The van der Waals surface area contributed by atoms with Crippen molar-refractivity contribution in [2.45, 2.75) is 37.9 Å². The van der Waals surface area contributed by atoms with Crippen LogP contribution in [0.15, 0.2) is 54.1 Å². The van der Waals surface area contributed by atoms with E-state index >= 15 is 0 Å². The van der Waals surface area contributed by atoms with Crippen LogP contribution in [0.2, 0.25) is 0 Å². The number of allylic oxidation sites excluding steroid dienone is 1. The highest BCUT2D eigenvalue weighted by Crippen LogP contribution is 2.51. The molecule has 3 N–H and O–H groups in total. The minimum atomic E-state index is -4.41. The minimum absolute atomic E-state index is 0.00168. The number of hydrogen-bond acceptors (Lipinski definition) is 4. The summed E-state index contributed by atoms with van der Waals surface area (Å²) in [6.45, 7) is 6.28. The van der Waals surface area contributed by atoms with Crippen molar-refractivity contribution in [3.63, 3.8) is 0 Å². The highest BCUT2D eigenvalue weighted by molar-refractivity contribution is 6.24. The van der Waals surface area contributed by atoms with Crippen LogP contribution >= 0.6 is 0 Å². The van der Waals surface area contributed by atoms with Gasteiger partial charge in [0.1, 0.15) is 0 Å². The Morgan fingerprint density at radius 1 is 1.16 bits per heavy atom. The molecule has 1 fully saturated rings. The predicted octanol–water partition coefficient (Wildman–Crippen LogP) is 4.91. The summed E-state index contributed by atoms with van der Waals surface area (Å²) in [5, 5.41) is 4.23. The van der Waals surface area contributed by atoms with E-state index in [2.05, 4.69) is 40.2 Å². The van der Waals surface area contributed by atoms with Crippen molar-refractivity contribution >= 4 is 17.0 Å². The molecule has 2 aromatic rings. The number of hydrogen-bond donors (Lipinski definition) is 2. The highest BCUT2D eigenvalue weighted by Gasteiger charge is 2.46. The minimum Gasteiger partial charge on any atom is -0.371 e. The first-order valence-electron chi connectivity index (χ1n) is 11.1. The van der Waals surface area contributed by atoms with Crippen LogP contribution in [0.25, 0.3) is 5.57 Å². The van der Waals surface area contributed by atoms with Gasteiger partial charge in [-0.1, -0.05) is 30.8 Å². The van der Waals surface area contributed by atoms with Gasteiger partial charge < -0.3 is 16.1 Å². The standard InChI is InChI=1S/C25H27F3N4/c1-16(21-8-11-30-31-21)20-14-18(25(26,27)28)6-7-22(20)32-12-9-24(10-13-32)15-17-4-2-3-5-19(17)23(24)29/h2-7,14,23,30H,1,8-13,15,29H2/t23-/m1/s1. The molecule has 5 rings (SSSR count). The molecule has 1 aliphatic carbocycles. The lowest BCUT2D eigenvalue weighted by atomic mass is 9.73. The largest absolute Gasteiger partial charge is 0.416 e. The second-order valence-electron chi connectivity index (χ2n) is 9.13. The summed E-state index contributed by atoms with van der Waals surface area (Å²) in [5.41, 5.74) is 14.1. The molecular weight excluding hydrogens is 413 g/mol. The third kappa shape index (κ3) is 3.48. The van der Waals surface area contributed by atoms with Crippen molar-refractivity contribution in [2.24, 2.45) is 16.3 Å². The van der Waals surface area contributed by atoms with Gasteiger partial charge in [-0.2, -0.15) is 18.3 Å². The lowest BCUT2D eigenvalue weighted by Crippen LogP contribution is -2.44. The maximum atomic E-state index is 13.5. The Bertz CT molecular complexity index is 1080. The third-order valence-corrected chi connectivity index (χ3v) is 7.38. The van der Waals surface area contributed by atoms with Crippen LogP contribution in [-0.4, -0.2) is 25.3 Å². The number of alkyl halides is 3. The summed E-state index contributed by atoms with van der Waals surface area (Å²) >= 11 is 0. The average molecular weight is 441 g/mol. The Balaban J connectivity index is 1.43. The Labute approximate surface area is 186 Å². The Hall–Kier alpha value is -2.80. The summed E-state index contributed by atoms with van der Waals surface area (Å²) in [7, 11) is 0. The van der Waals surface area contributed by atoms with Gasteiger partial charge in [0.25, 0.3) is 0 Å². The Morgan fingerprint density at radius 3 is 2.56 bits per heavy atom. The first-order valence-corrected chi connectivity index (χ1v) is 11.1. The summed E-state index contributed by atoms with van der Waals surface area (Å²) in [4.78, 5) is 2.19. The van der Waals surface area contributed by atoms with Crippen LogP contribution in [0.5, 0.6) is 0 Å². The number of nitrogens with one attached hydrogen (secondary N) is 1. The first-order chi connectivity index (χ1) is 15.3. The van der Waals surface area contributed by atoms with E-state index in [1.54, 1.807) is 6.07 Å². The highest BCUT2D eigenvalue weighted by atomic mass is 19.4. The molecule has 0 radical (unpaired) electrons. The van der Waals surface area contributed by atoms with Crippen molar-refractivity contribution in [1.29, 1.82) is 0 Å². The number of nitrogens with zero attached hydrogens (tertiary/aromatic N) is 2. The van der Waals surface area contributed by atoms with E-state index < -0.39 is 11.7 Å². The fraction of sp³-hybridized carbons (Fsp3) is 0.400. The lowest BCUT2D eigenvalue weighted by Gasteiger charge is -2.43. The maximum absolute atomic E-state index is 13.5. The fourth-order valence-corrected chi connectivity index (χ4v) is 5.48. The second kappa shape index (κ2) is 7.66. The molecule has 2 heterocycles. The molecule has 3 aliphatic rings. The molecule has 0 saturated carbocycles. The van der Waals surface area contributed by atoms with Gasteiger partial charge in [0.15, 0.2) is 0 Å². The maximum Gasteiger partial charge on any atom is 0.416 e. The van der Waals surface area contributed by atoms with E-state index in [1.807, 2.05) is 6.07 Å². The van der Waals surface area contributed by atoms with Crippen LogP contribution < -0.4 is 16.1 Å². The monoisotopic (exact) mass is 440 g/mol. The smallest absolute Gasteiger partial charge is 0.371 e. The van der Waals surface area contributed by atoms with Gasteiger partial charge in [0, 0.05) is 43.3 Å². The van der Waals surface area contributed by atoms with Crippen LogP contribution in [-0.2, 0) is 12.6 Å². The van der Waals surface area contributed by atoms with E-state index in [9.17, 15) is 13.2 Å². The number of anilines is 1. The zero-order valence-corrected chi connectivity index (χ0v) is 17.9. The van der Waals surface area contributed by atoms with Gasteiger partial charge in [0.05, 0.1) is 11.3 Å². The predicted molar refractivity (Wildman–Crippen MR) is 121 cm³/mol. The summed E-state index contributed by atoms with van der Waals surface area (Å²) in [6.07, 6.45) is -0.980. The van der Waals surface area contributed by atoms with Crippen molar-refractivity contribution in [1.82, 2.24) is 5.43 Å². The zero-order chi connectivity index (χ0) is 22.5. The normalized spacial score (nSPS) is 21.9. The fourth-order valence-electron chi connectivity index (χ4n) is 5.48. The molecule has 2 aromatic carbocycles. The lowest BCUT2D eigenvalue weighted by molar-refractivity contribution is -0.137. The van der Waals surface area contributed by atoms with Crippen molar-refractivity contribution in [2.75, 3.05) is 24.5 Å². The Morgan fingerprint density at radius 2 is 1.91 bits per heavy atom. The third-order valence-electron chi connectivity index (χ3n) is 7.38. The molecule has 4 nitrogen and oxygen atoms in total. The van der Waals surface area contributed by atoms with E-state index in [0.29, 0.717) is 29.8 Å². The summed E-state index contributed by atoms with van der Waals surface area (Å²) < 4.78 is 40.4. The number of rotatable bonds is 3. The molecule has 0 amide bonds. The van der Waals surface area contributed by atoms with Crippen molar-refractivity contribution < 1.29 is 13.2 Å². The van der Waals surface area contributed by atoms with Gasteiger partial charge in [-0.05, 0) is 59.6 Å². The number of benzene rings is 2. The summed E-state index contributed by atoms with van der Waals surface area (Å²) in [5.74, 6) is 0. The summed E-state index contributed by atoms with van der Waals surface area (Å²) in [6, 6.07) is 12.4. The van der Waals surface area contributed by atoms with Crippen LogP contribution in [0.1, 0.15) is 47.6 Å². The number of fused-ring (bicyclic) bond motifs is 1. The number of halogens is 3. The molecule has 0 unspecified atom stereocenters. The van der Waals surface area contributed by atoms with Gasteiger partial charge in [-0.15, -0.1) is 0 Å². The molecule has 0 bridgehead atoms. The van der Waals surface area contributed by atoms with Crippen molar-refractivity contribution in [3.05, 3.63) is 71.3 Å². The first kappa shape index (κ1) is 21.1. The van der Waals surface area contributed by atoms with Crippen LogP contribution in [0.3, 0.4) is 0 Å². The van der Waals surface area contributed by atoms with E-state index in [0.717, 1.165) is 38.0 Å². The van der Waals surface area contributed by atoms with Gasteiger partial charge in [-0.25, -0.2) is 0 Å². The molecule has 7 heteroatoms. The van der Waals surface area contributed by atoms with Gasteiger partial charge >= 0.3 is 6.18 Å². The molecule has 1 atom stereocenters. The topological polar surface area (TPSA) is 53.7 Å². The number of hydrazone groups is 1. The molecule has 1 saturated heterocycles. The van der Waals surface area contributed by atoms with Crippen LogP contribution in [0, 0.1) is 5.41 Å². The molecule has 168 valence electrons. The number of nitrogens with two attached hydrogens (primary N) is 1. The average Bonchev–Trinajstić information content (AvgIpc) is 3.41. The molecule has 0 aromatic heterocycles. The van der Waals surface area contributed by atoms with E-state index in [4.69, 9.17) is 5.73 Å². The molecule has 32 heavy (non-hydrogen) atoms. The SMILES string of the molecule is C=C(C1=NNCC1)c1cc(C(F)(F)F)ccc1N1CCC2(CC1)Cc1ccccc1[C@H]2N. The van der Waals surface area contributed by atoms with E-state index in [1.165, 1.54) is 23.3 Å². The van der Waals surface area contributed by atoms with Crippen LogP contribution in [0.4, 0.5) is 18.9 Å². The molecular formula is C25H27F3N4. The molecule has 1 spiro atoms. The number of piperidine rings is 1. The molecule has 2 aliphatic heterocycles. The Kier molecular flexibility index (Phi) is 5.04. The second-order valence-corrected chi connectivity index (χ2v) is 9.13. The quantitative estimate of drug-likeness (QED) is 0.713. The van der Waals surface area contributed by atoms with Gasteiger partial charge in [-0.3, -0.25) is 0 Å². The van der Waals surface area contributed by atoms with Crippen molar-refractivity contribution in [3.8, 4) is 0 Å². The van der Waals surface area contributed by atoms with Gasteiger partial charge in [0.2, 0.25) is 0 Å².